The van der Waals surface area contributed by atoms with Crippen molar-refractivity contribution in [3.63, 3.8) is 0 Å². The molecule has 0 saturated carbocycles. The molecule has 0 amide bonds. The fourth-order valence-electron chi connectivity index (χ4n) is 0. The number of hydrogen-bond donors (Lipinski definition) is 8. The van der Waals surface area contributed by atoms with Crippen LogP contribution in [0.25, 0.3) is 0 Å². The molecule has 0 radical (unpaired) electrons. The molecule has 8 N–H and O–H groups in total. The molecule has 0 bridgehead atoms. The molecule has 0 spiro atoms. The Morgan fingerprint density at radius 3 is 0.524 bits per heavy atom. The number of rotatable bonds is 4. The minimum absolute atomic E-state index is 0. The summed E-state index contributed by atoms with van der Waals surface area (Å²) >= 11 is 0. The van der Waals surface area contributed by atoms with Crippen molar-refractivity contribution in [2.24, 2.45) is 0 Å². The molecule has 0 aliphatic rings. The molecule has 0 heterocycles. The Morgan fingerprint density at radius 2 is 0.524 bits per heavy atom. The molecule has 0 aromatic heterocycles. The van der Waals surface area contributed by atoms with E-state index in [9.17, 15) is 0 Å². The van der Waals surface area contributed by atoms with E-state index in [1.54, 1.807) is 0 Å². The van der Waals surface area contributed by atoms with E-state index >= 15 is 0 Å². The second-order valence-electron chi connectivity index (χ2n) is 2.21. The van der Waals surface area contributed by atoms with Crippen LogP contribution in [-0.2, 0) is 40.2 Å². The van der Waals surface area contributed by atoms with Crippen molar-refractivity contribution in [1.82, 2.24) is 0 Å². The van der Waals surface area contributed by atoms with E-state index in [4.69, 9.17) is 60.0 Å². The van der Waals surface area contributed by atoms with Gasteiger partial charge in [-0.1, -0.05) is 0 Å². The fraction of sp³-hybridized carbons (Fsp3) is 0.500. The first-order valence-electron chi connectivity index (χ1n) is 4.39. The molecule has 0 aromatic rings. The third-order valence-electron chi connectivity index (χ3n) is 0.541. The summed E-state index contributed by atoms with van der Waals surface area (Å²) in [4.78, 5) is 36.5. The summed E-state index contributed by atoms with van der Waals surface area (Å²) in [6, 6.07) is 0. The van der Waals surface area contributed by atoms with E-state index in [1.807, 2.05) is 0 Å². The Balaban J connectivity index is -0.0000000533. The largest absolute Gasteiger partial charge is 0.480 e. The molecule has 12 nitrogen and oxygen atoms in total. The molecule has 0 atom stereocenters. The van der Waals surface area contributed by atoms with Gasteiger partial charge in [0.1, 0.15) is 26.4 Å². The van der Waals surface area contributed by atoms with Crippen molar-refractivity contribution in [3.05, 3.63) is 0 Å². The summed E-state index contributed by atoms with van der Waals surface area (Å²) in [6.07, 6.45) is 0. The van der Waals surface area contributed by atoms with Crippen molar-refractivity contribution >= 4 is 23.9 Å². The minimum Gasteiger partial charge on any atom is -0.480 e. The van der Waals surface area contributed by atoms with Gasteiger partial charge in [0.25, 0.3) is 0 Å². The third-order valence-corrected chi connectivity index (χ3v) is 0.541. The summed E-state index contributed by atoms with van der Waals surface area (Å²) < 4.78 is 0. The van der Waals surface area contributed by atoms with Gasteiger partial charge in [-0.2, -0.15) is 0 Å². The number of carbonyl (C=O) groups is 4. The zero-order chi connectivity index (χ0) is 17.1. The van der Waals surface area contributed by atoms with Crippen LogP contribution >= 0.6 is 0 Å². The molecule has 0 aliphatic carbocycles. The van der Waals surface area contributed by atoms with Crippen molar-refractivity contribution in [2.75, 3.05) is 26.4 Å². The summed E-state index contributed by atoms with van der Waals surface area (Å²) in [5.74, 6) is -4.76. The first-order valence-corrected chi connectivity index (χ1v) is 4.39. The number of aliphatic carboxylic acids is 4. The molecule has 126 valence electrons. The van der Waals surface area contributed by atoms with Gasteiger partial charge in [-0.15, -0.1) is 0 Å². The van der Waals surface area contributed by atoms with E-state index in [0.29, 0.717) is 0 Å². The van der Waals surface area contributed by atoms with Crippen LogP contribution in [0.3, 0.4) is 0 Å². The molecule has 0 aliphatic heterocycles. The maximum atomic E-state index is 9.12. The first-order chi connectivity index (χ1) is 9.08. The van der Waals surface area contributed by atoms with E-state index in [-0.39, 0.29) is 21.1 Å². The molecule has 0 rings (SSSR count). The van der Waals surface area contributed by atoms with Gasteiger partial charge in [-0.05, 0) is 0 Å². The van der Waals surface area contributed by atoms with Crippen LogP contribution in [0.4, 0.5) is 0 Å². The van der Waals surface area contributed by atoms with E-state index in [1.165, 1.54) is 0 Å². The SMILES string of the molecule is O=C(O)CO.O=C(O)CO.O=C(O)CO.O=C(O)CO.[W]. The maximum absolute atomic E-state index is 9.12. The van der Waals surface area contributed by atoms with Gasteiger partial charge in [0.15, 0.2) is 0 Å². The third kappa shape index (κ3) is 121. The molecule has 13 heteroatoms. The van der Waals surface area contributed by atoms with Crippen LogP contribution < -0.4 is 0 Å². The smallest absolute Gasteiger partial charge is 0.329 e. The maximum Gasteiger partial charge on any atom is 0.329 e. The van der Waals surface area contributed by atoms with Gasteiger partial charge in [0.2, 0.25) is 0 Å². The summed E-state index contributed by atoms with van der Waals surface area (Å²) in [5, 5.41) is 60.1. The van der Waals surface area contributed by atoms with Crippen LogP contribution in [0.15, 0.2) is 0 Å². The molecule has 0 fully saturated rings. The average molecular weight is 488 g/mol. The van der Waals surface area contributed by atoms with E-state index in [2.05, 4.69) is 0 Å². The average Bonchev–Trinajstić information content (AvgIpc) is 2.40. The molecular weight excluding hydrogens is 472 g/mol. The monoisotopic (exact) mass is 488 g/mol. The van der Waals surface area contributed by atoms with Crippen LogP contribution in [0.2, 0.25) is 0 Å². The van der Waals surface area contributed by atoms with Crippen molar-refractivity contribution in [1.29, 1.82) is 0 Å². The molecular formula is C8H16O12W. The standard InChI is InChI=1S/4C2H4O3.W/c4*3-1-2(4)5;/h4*3H,1H2,(H,4,5);. The zero-order valence-electron chi connectivity index (χ0n) is 10.4. The predicted molar refractivity (Wildman–Crippen MR) is 58.9 cm³/mol. The quantitative estimate of drug-likeness (QED) is 0.191. The Hall–Kier alpha value is -1.59. The Morgan fingerprint density at radius 1 is 0.476 bits per heavy atom. The molecule has 0 unspecified atom stereocenters. The second kappa shape index (κ2) is 26.9. The van der Waals surface area contributed by atoms with Gasteiger partial charge < -0.3 is 40.9 Å². The van der Waals surface area contributed by atoms with Gasteiger partial charge >= 0.3 is 23.9 Å². The van der Waals surface area contributed by atoms with Crippen LogP contribution in [0, 0.1) is 0 Å². The Labute approximate surface area is 132 Å². The summed E-state index contributed by atoms with van der Waals surface area (Å²) in [5.41, 5.74) is 0. The molecule has 0 saturated heterocycles. The fourth-order valence-corrected chi connectivity index (χ4v) is 0. The van der Waals surface area contributed by atoms with Crippen molar-refractivity contribution in [3.8, 4) is 0 Å². The topological polar surface area (TPSA) is 230 Å². The second-order valence-corrected chi connectivity index (χ2v) is 2.21. The Kier molecular flexibility index (Phi) is 40.5. The minimum atomic E-state index is -1.19. The van der Waals surface area contributed by atoms with Crippen LogP contribution in [-0.4, -0.2) is 91.2 Å². The number of aliphatic hydroxyl groups is 4. The van der Waals surface area contributed by atoms with Crippen molar-refractivity contribution in [2.45, 2.75) is 0 Å². The molecule has 21 heavy (non-hydrogen) atoms. The van der Waals surface area contributed by atoms with E-state index in [0.717, 1.165) is 0 Å². The van der Waals surface area contributed by atoms with Gasteiger partial charge in [0, 0.05) is 21.1 Å². The predicted octanol–water partition coefficient (Wildman–Crippen LogP) is -3.75. The normalized spacial score (nSPS) is 7.05. The molecule has 0 aromatic carbocycles. The first kappa shape index (κ1) is 31.7. The van der Waals surface area contributed by atoms with Crippen molar-refractivity contribution < 1.29 is 81.1 Å². The van der Waals surface area contributed by atoms with Gasteiger partial charge in [-0.3, -0.25) is 0 Å². The zero-order valence-corrected chi connectivity index (χ0v) is 13.4. The number of aliphatic hydroxyl groups excluding tert-OH is 4. The van der Waals surface area contributed by atoms with Gasteiger partial charge in [-0.25, -0.2) is 19.2 Å². The van der Waals surface area contributed by atoms with Crippen LogP contribution in [0.5, 0.6) is 0 Å². The number of carboxylic acids is 4. The van der Waals surface area contributed by atoms with Gasteiger partial charge in [0.05, 0.1) is 0 Å². The van der Waals surface area contributed by atoms with E-state index < -0.39 is 50.3 Å². The number of carboxylic acid groups (broad SMARTS) is 4. The Bertz CT molecular complexity index is 222. The summed E-state index contributed by atoms with van der Waals surface area (Å²) in [6.45, 7) is -3.11. The summed E-state index contributed by atoms with van der Waals surface area (Å²) in [7, 11) is 0. The number of hydrogen-bond acceptors (Lipinski definition) is 8. The van der Waals surface area contributed by atoms with Crippen LogP contribution in [0.1, 0.15) is 0 Å².